The Balaban J connectivity index is 1.49. The maximum absolute atomic E-state index is 13.7. The van der Waals surface area contributed by atoms with Crippen LogP contribution in [0.4, 0.5) is 5.69 Å². The van der Waals surface area contributed by atoms with E-state index in [0.29, 0.717) is 18.5 Å². The number of nitro groups is 1. The highest BCUT2D eigenvalue weighted by molar-refractivity contribution is 7.09. The third-order valence-electron chi connectivity index (χ3n) is 6.67. The van der Waals surface area contributed by atoms with Crippen LogP contribution in [0.3, 0.4) is 0 Å². The van der Waals surface area contributed by atoms with Crippen LogP contribution in [0.1, 0.15) is 27.7 Å². The molecule has 4 aromatic rings. The lowest BCUT2D eigenvalue weighted by atomic mass is 9.86. The van der Waals surface area contributed by atoms with Crippen LogP contribution in [-0.4, -0.2) is 44.1 Å². The molecule has 0 unspecified atom stereocenters. The summed E-state index contributed by atoms with van der Waals surface area (Å²) in [4.78, 5) is 45.9. The molecule has 0 spiro atoms. The first kappa shape index (κ1) is 20.6. The summed E-state index contributed by atoms with van der Waals surface area (Å²) in [6, 6.07) is 16.8. The Bertz CT molecular complexity index is 1440. The molecule has 34 heavy (non-hydrogen) atoms. The Labute approximate surface area is 198 Å². The quantitative estimate of drug-likeness (QED) is 0.358. The average molecular weight is 473 g/mol. The van der Waals surface area contributed by atoms with E-state index < -0.39 is 17.0 Å². The Morgan fingerprint density at radius 1 is 1.09 bits per heavy atom. The second-order valence-electron chi connectivity index (χ2n) is 8.61. The molecular formula is C25H20N4O4S. The maximum Gasteiger partial charge on any atom is 0.269 e. The molecule has 2 aliphatic rings. The number of nitrogens with zero attached hydrogens (tertiary/aromatic N) is 3. The van der Waals surface area contributed by atoms with E-state index in [1.54, 1.807) is 33.3 Å². The van der Waals surface area contributed by atoms with E-state index in [9.17, 15) is 19.7 Å². The fraction of sp³-hybridized carbons (Fsp3) is 0.200. The number of H-pyrrole nitrogens is 1. The second kappa shape index (κ2) is 7.81. The minimum atomic E-state index is -0.669. The summed E-state index contributed by atoms with van der Waals surface area (Å²) in [5, 5.41) is 14.4. The standard InChI is InChI=1S/C25H20N4O4S/c30-22-14-27(13-17-7-4-10-34-17)25(31)21-12-19-18-8-1-2-9-20(18)26-23(19)24(28(21)22)15-5-3-6-16(11-15)29(32)33/h1-11,21,24,26H,12-14H2/t21-,24-/m1/s1. The summed E-state index contributed by atoms with van der Waals surface area (Å²) in [7, 11) is 0. The zero-order valence-electron chi connectivity index (χ0n) is 18.0. The molecule has 9 heteroatoms. The predicted molar refractivity (Wildman–Crippen MR) is 127 cm³/mol. The van der Waals surface area contributed by atoms with Crippen molar-refractivity contribution in [3.63, 3.8) is 0 Å². The number of benzene rings is 2. The number of aromatic nitrogens is 1. The summed E-state index contributed by atoms with van der Waals surface area (Å²) in [6.07, 6.45) is 0.399. The number of hydrogen-bond acceptors (Lipinski definition) is 5. The topological polar surface area (TPSA) is 99.5 Å². The Morgan fingerprint density at radius 3 is 2.74 bits per heavy atom. The number of aromatic amines is 1. The van der Waals surface area contributed by atoms with Gasteiger partial charge in [-0.3, -0.25) is 19.7 Å². The number of rotatable bonds is 4. The predicted octanol–water partition coefficient (Wildman–Crippen LogP) is 4.02. The molecule has 2 aliphatic heterocycles. The number of fused-ring (bicyclic) bond motifs is 4. The van der Waals surface area contributed by atoms with Gasteiger partial charge in [0, 0.05) is 40.0 Å². The maximum atomic E-state index is 13.7. The Hall–Kier alpha value is -3.98. The van der Waals surface area contributed by atoms with Crippen molar-refractivity contribution in [3.05, 3.63) is 97.9 Å². The van der Waals surface area contributed by atoms with Crippen LogP contribution < -0.4 is 0 Å². The van der Waals surface area contributed by atoms with Gasteiger partial charge >= 0.3 is 0 Å². The van der Waals surface area contributed by atoms with Crippen LogP contribution in [0.5, 0.6) is 0 Å². The van der Waals surface area contributed by atoms with Crippen LogP contribution in [0, 0.1) is 10.1 Å². The summed E-state index contributed by atoms with van der Waals surface area (Å²) in [5.41, 5.74) is 3.27. The fourth-order valence-corrected chi connectivity index (χ4v) is 5.92. The molecule has 0 saturated carbocycles. The summed E-state index contributed by atoms with van der Waals surface area (Å²) < 4.78 is 0. The van der Waals surface area contributed by atoms with E-state index in [4.69, 9.17) is 0 Å². The zero-order valence-corrected chi connectivity index (χ0v) is 18.8. The smallest absolute Gasteiger partial charge is 0.269 e. The molecule has 8 nitrogen and oxygen atoms in total. The molecule has 0 bridgehead atoms. The van der Waals surface area contributed by atoms with Gasteiger partial charge in [0.2, 0.25) is 11.8 Å². The van der Waals surface area contributed by atoms with E-state index in [2.05, 4.69) is 4.98 Å². The number of nitro benzene ring substituents is 1. The van der Waals surface area contributed by atoms with Gasteiger partial charge in [0.1, 0.15) is 12.6 Å². The van der Waals surface area contributed by atoms with Gasteiger partial charge in [0.25, 0.3) is 5.69 Å². The summed E-state index contributed by atoms with van der Waals surface area (Å²) in [5.74, 6) is -0.263. The largest absolute Gasteiger partial charge is 0.356 e. The van der Waals surface area contributed by atoms with E-state index in [-0.39, 0.29) is 24.0 Å². The van der Waals surface area contributed by atoms with Crippen molar-refractivity contribution in [2.45, 2.75) is 25.0 Å². The number of carbonyl (C=O) groups is 2. The van der Waals surface area contributed by atoms with E-state index >= 15 is 0 Å². The van der Waals surface area contributed by atoms with Crippen molar-refractivity contribution in [2.24, 2.45) is 0 Å². The molecule has 4 heterocycles. The molecule has 0 aliphatic carbocycles. The number of nitrogens with one attached hydrogen (secondary N) is 1. The number of hydrogen-bond donors (Lipinski definition) is 1. The third-order valence-corrected chi connectivity index (χ3v) is 7.53. The van der Waals surface area contributed by atoms with Gasteiger partial charge in [-0.25, -0.2) is 0 Å². The molecule has 2 aromatic carbocycles. The van der Waals surface area contributed by atoms with Gasteiger partial charge in [-0.2, -0.15) is 0 Å². The first-order valence-corrected chi connectivity index (χ1v) is 11.9. The van der Waals surface area contributed by atoms with Gasteiger partial charge in [0.15, 0.2) is 0 Å². The first-order chi connectivity index (χ1) is 16.5. The zero-order chi connectivity index (χ0) is 23.4. The highest BCUT2D eigenvalue weighted by Gasteiger charge is 2.48. The lowest BCUT2D eigenvalue weighted by Gasteiger charge is -2.47. The number of non-ortho nitro benzene ring substituents is 1. The number of piperazine rings is 1. The van der Waals surface area contributed by atoms with Crippen molar-refractivity contribution >= 4 is 39.7 Å². The molecule has 170 valence electrons. The van der Waals surface area contributed by atoms with Crippen LogP contribution >= 0.6 is 11.3 Å². The number of carbonyl (C=O) groups excluding carboxylic acids is 2. The molecule has 2 atom stereocenters. The molecule has 2 amide bonds. The molecule has 1 N–H and O–H groups in total. The second-order valence-corrected chi connectivity index (χ2v) is 9.64. The van der Waals surface area contributed by atoms with Crippen molar-refractivity contribution in [1.29, 1.82) is 0 Å². The third kappa shape index (κ3) is 3.19. The number of thiophene rings is 1. The molecule has 1 saturated heterocycles. The number of amides is 2. The van der Waals surface area contributed by atoms with Crippen LogP contribution in [0.25, 0.3) is 10.9 Å². The first-order valence-electron chi connectivity index (χ1n) is 11.0. The van der Waals surface area contributed by atoms with Gasteiger partial charge in [-0.05, 0) is 28.6 Å². The molecule has 0 radical (unpaired) electrons. The molecule has 1 fully saturated rings. The minimum Gasteiger partial charge on any atom is -0.356 e. The summed E-state index contributed by atoms with van der Waals surface area (Å²) >= 11 is 1.56. The number of para-hydroxylation sites is 1. The fourth-order valence-electron chi connectivity index (χ4n) is 5.20. The van der Waals surface area contributed by atoms with Gasteiger partial charge in [0.05, 0.1) is 17.5 Å². The monoisotopic (exact) mass is 472 g/mol. The van der Waals surface area contributed by atoms with Crippen molar-refractivity contribution < 1.29 is 14.5 Å². The van der Waals surface area contributed by atoms with Gasteiger partial charge in [-0.15, -0.1) is 11.3 Å². The highest BCUT2D eigenvalue weighted by atomic mass is 32.1. The van der Waals surface area contributed by atoms with Crippen molar-refractivity contribution in [1.82, 2.24) is 14.8 Å². The molecular weight excluding hydrogens is 452 g/mol. The van der Waals surface area contributed by atoms with E-state index in [1.807, 2.05) is 41.8 Å². The summed E-state index contributed by atoms with van der Waals surface area (Å²) in [6.45, 7) is 0.378. The normalized spacial score (nSPS) is 19.9. The van der Waals surface area contributed by atoms with E-state index in [1.165, 1.54) is 12.1 Å². The molecule has 2 aromatic heterocycles. The Kier molecular flexibility index (Phi) is 4.73. The average Bonchev–Trinajstić information content (AvgIpc) is 3.48. The van der Waals surface area contributed by atoms with Crippen molar-refractivity contribution in [2.75, 3.05) is 6.54 Å². The lowest BCUT2D eigenvalue weighted by Crippen LogP contribution is -2.62. The van der Waals surface area contributed by atoms with Gasteiger partial charge in [-0.1, -0.05) is 36.4 Å². The van der Waals surface area contributed by atoms with Crippen molar-refractivity contribution in [3.8, 4) is 0 Å². The highest BCUT2D eigenvalue weighted by Crippen LogP contribution is 2.43. The van der Waals surface area contributed by atoms with Gasteiger partial charge < -0.3 is 14.8 Å². The Morgan fingerprint density at radius 2 is 1.94 bits per heavy atom. The van der Waals surface area contributed by atoms with E-state index in [0.717, 1.165) is 27.0 Å². The lowest BCUT2D eigenvalue weighted by molar-refractivity contribution is -0.384. The molecule has 6 rings (SSSR count). The van der Waals surface area contributed by atoms with Crippen LogP contribution in [0.15, 0.2) is 66.0 Å². The van der Waals surface area contributed by atoms with Crippen LogP contribution in [-0.2, 0) is 22.6 Å². The minimum absolute atomic E-state index is 0.0196. The SMILES string of the molecule is O=C1[C@H]2Cc3c([nH]c4ccccc34)[C@@H](c3cccc([N+](=O)[O-])c3)N2C(=O)CN1Cc1cccs1. The van der Waals surface area contributed by atoms with Crippen LogP contribution in [0.2, 0.25) is 0 Å².